The van der Waals surface area contributed by atoms with Gasteiger partial charge in [0.1, 0.15) is 0 Å². The van der Waals surface area contributed by atoms with E-state index in [1.54, 1.807) is 12.1 Å². The SMILES string of the molecule is CC(CO)CNC(=O)c1cnc2c(C3=CCC(C(F)(F)F)CC3)cccc2c1. The summed E-state index contributed by atoms with van der Waals surface area (Å²) in [6.45, 7) is 2.18. The second-order valence-electron chi connectivity index (χ2n) is 7.34. The van der Waals surface area contributed by atoms with E-state index >= 15 is 0 Å². The number of aliphatic hydroxyl groups excluding tert-OH is 1. The number of halogens is 3. The molecule has 1 aromatic carbocycles. The lowest BCUT2D eigenvalue weighted by Crippen LogP contribution is -2.29. The lowest BCUT2D eigenvalue weighted by atomic mass is 9.85. The topological polar surface area (TPSA) is 62.2 Å². The summed E-state index contributed by atoms with van der Waals surface area (Å²) in [4.78, 5) is 16.7. The van der Waals surface area contributed by atoms with Gasteiger partial charge in [-0.2, -0.15) is 13.2 Å². The molecule has 1 amide bonds. The third-order valence-electron chi connectivity index (χ3n) is 5.12. The molecular weight excluding hydrogens is 369 g/mol. The monoisotopic (exact) mass is 392 g/mol. The minimum absolute atomic E-state index is 0.0100. The van der Waals surface area contributed by atoms with Crippen LogP contribution in [0, 0.1) is 11.8 Å². The van der Waals surface area contributed by atoms with Crippen LogP contribution >= 0.6 is 0 Å². The highest BCUT2D eigenvalue weighted by Crippen LogP contribution is 2.40. The molecule has 2 N–H and O–H groups in total. The van der Waals surface area contributed by atoms with Gasteiger partial charge in [0.15, 0.2) is 0 Å². The number of amides is 1. The van der Waals surface area contributed by atoms with Crippen molar-refractivity contribution in [2.24, 2.45) is 11.8 Å². The number of pyridine rings is 1. The Morgan fingerprint density at radius 2 is 2.18 bits per heavy atom. The molecule has 0 spiro atoms. The fourth-order valence-electron chi connectivity index (χ4n) is 3.35. The van der Waals surface area contributed by atoms with Crippen LogP contribution in [0.25, 0.3) is 16.5 Å². The van der Waals surface area contributed by atoms with Crippen molar-refractivity contribution in [1.82, 2.24) is 10.3 Å². The zero-order chi connectivity index (χ0) is 20.3. The van der Waals surface area contributed by atoms with E-state index < -0.39 is 12.1 Å². The second-order valence-corrected chi connectivity index (χ2v) is 7.34. The Kier molecular flexibility index (Phi) is 6.03. The maximum Gasteiger partial charge on any atom is 0.392 e. The number of nitrogens with zero attached hydrogens (tertiary/aromatic N) is 1. The average Bonchev–Trinajstić information content (AvgIpc) is 2.70. The fourth-order valence-corrected chi connectivity index (χ4v) is 3.35. The largest absolute Gasteiger partial charge is 0.396 e. The summed E-state index contributed by atoms with van der Waals surface area (Å²) in [7, 11) is 0. The van der Waals surface area contributed by atoms with Gasteiger partial charge in [0.05, 0.1) is 17.0 Å². The predicted molar refractivity (Wildman–Crippen MR) is 102 cm³/mol. The standard InChI is InChI=1S/C21H23F3N2O2/c1-13(12-27)10-26-20(28)16-9-15-3-2-4-18(19(15)25-11-16)14-5-7-17(8-6-14)21(22,23)24/h2-5,9,11,13,17,27H,6-8,10,12H2,1H3,(H,26,28). The maximum absolute atomic E-state index is 12.9. The predicted octanol–water partition coefficient (Wildman–Crippen LogP) is 4.34. The summed E-state index contributed by atoms with van der Waals surface area (Å²) in [5, 5.41) is 12.6. The Labute approximate surface area is 161 Å². The highest BCUT2D eigenvalue weighted by molar-refractivity contribution is 5.99. The first kappa shape index (κ1) is 20.3. The molecule has 2 aromatic rings. The molecule has 0 fully saturated rings. The first-order valence-corrected chi connectivity index (χ1v) is 9.33. The van der Waals surface area contributed by atoms with Crippen molar-refractivity contribution in [3.8, 4) is 0 Å². The summed E-state index contributed by atoms with van der Waals surface area (Å²) >= 11 is 0. The Bertz CT molecular complexity index is 893. The Morgan fingerprint density at radius 3 is 2.82 bits per heavy atom. The number of aliphatic hydroxyl groups is 1. The molecular formula is C21H23F3N2O2. The maximum atomic E-state index is 12.9. The minimum atomic E-state index is -4.16. The number of carbonyl (C=O) groups excluding carboxylic acids is 1. The highest BCUT2D eigenvalue weighted by atomic mass is 19.4. The third-order valence-corrected chi connectivity index (χ3v) is 5.12. The van der Waals surface area contributed by atoms with Gasteiger partial charge < -0.3 is 10.4 Å². The molecule has 0 bridgehead atoms. The van der Waals surface area contributed by atoms with Gasteiger partial charge in [-0.05, 0) is 36.8 Å². The van der Waals surface area contributed by atoms with Gasteiger partial charge in [-0.15, -0.1) is 0 Å². The van der Waals surface area contributed by atoms with E-state index in [1.807, 2.05) is 25.1 Å². The number of para-hydroxylation sites is 1. The fraction of sp³-hybridized carbons (Fsp3) is 0.429. The van der Waals surface area contributed by atoms with Crippen molar-refractivity contribution in [2.45, 2.75) is 32.4 Å². The molecule has 1 aromatic heterocycles. The number of allylic oxidation sites excluding steroid dienone is 2. The number of rotatable bonds is 5. The van der Waals surface area contributed by atoms with Crippen molar-refractivity contribution >= 4 is 22.4 Å². The molecule has 4 nitrogen and oxygen atoms in total. The molecule has 7 heteroatoms. The smallest absolute Gasteiger partial charge is 0.392 e. The molecule has 2 unspecified atom stereocenters. The molecule has 1 heterocycles. The van der Waals surface area contributed by atoms with E-state index in [2.05, 4.69) is 10.3 Å². The number of aromatic nitrogens is 1. The van der Waals surface area contributed by atoms with Gasteiger partial charge in [0.25, 0.3) is 5.91 Å². The first-order valence-electron chi connectivity index (χ1n) is 9.33. The van der Waals surface area contributed by atoms with Crippen LogP contribution in [0.5, 0.6) is 0 Å². The van der Waals surface area contributed by atoms with Crippen molar-refractivity contribution < 1.29 is 23.1 Å². The third kappa shape index (κ3) is 4.52. The lowest BCUT2D eigenvalue weighted by Gasteiger charge is -2.24. The van der Waals surface area contributed by atoms with Gasteiger partial charge >= 0.3 is 6.18 Å². The van der Waals surface area contributed by atoms with E-state index in [4.69, 9.17) is 5.11 Å². The molecule has 2 atom stereocenters. The number of hydrogen-bond acceptors (Lipinski definition) is 3. The van der Waals surface area contributed by atoms with Crippen LogP contribution < -0.4 is 5.32 Å². The van der Waals surface area contributed by atoms with Crippen LogP contribution in [-0.4, -0.2) is 35.3 Å². The summed E-state index contributed by atoms with van der Waals surface area (Å²) in [5.74, 6) is -1.59. The van der Waals surface area contributed by atoms with E-state index in [0.29, 0.717) is 24.0 Å². The van der Waals surface area contributed by atoms with Crippen LogP contribution in [0.2, 0.25) is 0 Å². The van der Waals surface area contributed by atoms with Gasteiger partial charge in [0, 0.05) is 30.3 Å². The summed E-state index contributed by atoms with van der Waals surface area (Å²) in [6, 6.07) is 7.25. The number of nitrogens with one attached hydrogen (secondary N) is 1. The average molecular weight is 392 g/mol. The molecule has 0 radical (unpaired) electrons. The Morgan fingerprint density at radius 1 is 1.39 bits per heavy atom. The van der Waals surface area contributed by atoms with Crippen molar-refractivity contribution in [3.63, 3.8) is 0 Å². The number of fused-ring (bicyclic) bond motifs is 1. The summed E-state index contributed by atoms with van der Waals surface area (Å²) in [6.07, 6.45) is -0.600. The Hall–Kier alpha value is -2.41. The van der Waals surface area contributed by atoms with Gasteiger partial charge in [-0.3, -0.25) is 9.78 Å². The normalized spacial score (nSPS) is 18.6. The molecule has 150 valence electrons. The Balaban J connectivity index is 1.83. The molecule has 1 aliphatic carbocycles. The van der Waals surface area contributed by atoms with Crippen molar-refractivity contribution in [2.75, 3.05) is 13.2 Å². The first-order chi connectivity index (χ1) is 13.3. The summed E-state index contributed by atoms with van der Waals surface area (Å²) < 4.78 is 38.7. The quantitative estimate of drug-likeness (QED) is 0.796. The zero-order valence-electron chi connectivity index (χ0n) is 15.6. The minimum Gasteiger partial charge on any atom is -0.396 e. The number of hydrogen-bond donors (Lipinski definition) is 2. The van der Waals surface area contributed by atoms with Crippen molar-refractivity contribution in [3.05, 3.63) is 47.7 Å². The number of benzene rings is 1. The van der Waals surface area contributed by atoms with Crippen LogP contribution in [0.4, 0.5) is 13.2 Å². The highest BCUT2D eigenvalue weighted by Gasteiger charge is 2.39. The molecule has 0 aliphatic heterocycles. The molecule has 3 rings (SSSR count). The number of alkyl halides is 3. The molecule has 28 heavy (non-hydrogen) atoms. The van der Waals surface area contributed by atoms with E-state index in [9.17, 15) is 18.0 Å². The van der Waals surface area contributed by atoms with Crippen LogP contribution in [-0.2, 0) is 0 Å². The second kappa shape index (κ2) is 8.31. The van der Waals surface area contributed by atoms with Crippen LogP contribution in [0.3, 0.4) is 0 Å². The van der Waals surface area contributed by atoms with Crippen LogP contribution in [0.1, 0.15) is 42.1 Å². The van der Waals surface area contributed by atoms with Crippen LogP contribution in [0.15, 0.2) is 36.5 Å². The molecule has 0 saturated heterocycles. The lowest BCUT2D eigenvalue weighted by molar-refractivity contribution is -0.175. The van der Waals surface area contributed by atoms with Gasteiger partial charge in [0.2, 0.25) is 0 Å². The van der Waals surface area contributed by atoms with Gasteiger partial charge in [-0.25, -0.2) is 0 Å². The van der Waals surface area contributed by atoms with E-state index in [1.165, 1.54) is 6.20 Å². The van der Waals surface area contributed by atoms with Crippen molar-refractivity contribution in [1.29, 1.82) is 0 Å². The molecule has 0 saturated carbocycles. The van der Waals surface area contributed by atoms with Gasteiger partial charge in [-0.1, -0.05) is 31.2 Å². The zero-order valence-corrected chi connectivity index (χ0v) is 15.6. The number of carbonyl (C=O) groups is 1. The van der Waals surface area contributed by atoms with E-state index in [0.717, 1.165) is 16.5 Å². The molecule has 1 aliphatic rings. The van der Waals surface area contributed by atoms with E-state index in [-0.39, 0.29) is 31.3 Å². The summed E-state index contributed by atoms with van der Waals surface area (Å²) in [5.41, 5.74) is 2.77.